The number of carbonyl (C=O) groups is 2. The van der Waals surface area contributed by atoms with E-state index in [0.717, 1.165) is 25.7 Å². The molecule has 0 aromatic heterocycles. The summed E-state index contributed by atoms with van der Waals surface area (Å²) in [5.74, 6) is 0.889. The lowest BCUT2D eigenvalue weighted by Gasteiger charge is -2.32. The van der Waals surface area contributed by atoms with Crippen molar-refractivity contribution in [2.75, 3.05) is 7.05 Å². The van der Waals surface area contributed by atoms with E-state index in [1.54, 1.807) is 24.2 Å². The van der Waals surface area contributed by atoms with E-state index in [4.69, 9.17) is 4.74 Å². The Morgan fingerprint density at radius 2 is 1.60 bits per heavy atom. The van der Waals surface area contributed by atoms with Gasteiger partial charge < -0.3 is 9.64 Å². The molecule has 0 aromatic carbocycles. The standard InChI is InChI=1S/C21H37NO3/c1-15-10-11-16(2)14-18(21(4,5)6)25-19(23)9-8-12-22(7)20(24)17(3)13-15/h8,12,15-18H,9-11,13-14H2,1-7H3/b12-8-. The minimum Gasteiger partial charge on any atom is -0.462 e. The van der Waals surface area contributed by atoms with Gasteiger partial charge in [0.1, 0.15) is 6.10 Å². The quantitative estimate of drug-likeness (QED) is 0.590. The van der Waals surface area contributed by atoms with Gasteiger partial charge in [0, 0.05) is 19.2 Å². The molecule has 144 valence electrons. The van der Waals surface area contributed by atoms with Crippen LogP contribution in [0.1, 0.15) is 73.6 Å². The van der Waals surface area contributed by atoms with Crippen LogP contribution < -0.4 is 0 Å². The molecule has 4 unspecified atom stereocenters. The Labute approximate surface area is 154 Å². The largest absolute Gasteiger partial charge is 0.462 e. The number of cyclic esters (lactones) is 1. The Morgan fingerprint density at radius 1 is 1.04 bits per heavy atom. The van der Waals surface area contributed by atoms with E-state index in [2.05, 4.69) is 34.6 Å². The first kappa shape index (κ1) is 21.7. The summed E-state index contributed by atoms with van der Waals surface area (Å²) in [7, 11) is 1.75. The SMILES string of the molecule is CC1CCC(C)CC(C(C)(C)C)OC(=O)C/C=C\N(C)C(=O)C(C)C1. The zero-order valence-corrected chi connectivity index (χ0v) is 17.2. The van der Waals surface area contributed by atoms with Crippen LogP contribution in [-0.4, -0.2) is 29.9 Å². The molecule has 0 bridgehead atoms. The number of ether oxygens (including phenoxy) is 1. The molecule has 4 heteroatoms. The summed E-state index contributed by atoms with van der Waals surface area (Å²) < 4.78 is 5.78. The number of hydrogen-bond donors (Lipinski definition) is 0. The third kappa shape index (κ3) is 7.62. The van der Waals surface area contributed by atoms with Crippen molar-refractivity contribution in [2.24, 2.45) is 23.2 Å². The first-order valence-electron chi connectivity index (χ1n) is 9.63. The summed E-state index contributed by atoms with van der Waals surface area (Å²) >= 11 is 0. The fourth-order valence-electron chi connectivity index (χ4n) is 3.39. The number of rotatable bonds is 0. The van der Waals surface area contributed by atoms with Crippen molar-refractivity contribution in [2.45, 2.75) is 79.8 Å². The highest BCUT2D eigenvalue weighted by molar-refractivity contribution is 5.79. The molecule has 1 aliphatic heterocycles. The van der Waals surface area contributed by atoms with Crippen LogP contribution in [0.3, 0.4) is 0 Å². The molecular formula is C21H37NO3. The van der Waals surface area contributed by atoms with E-state index >= 15 is 0 Å². The van der Waals surface area contributed by atoms with Crippen LogP contribution in [0.15, 0.2) is 12.3 Å². The predicted molar refractivity (Wildman–Crippen MR) is 102 cm³/mol. The van der Waals surface area contributed by atoms with Gasteiger partial charge in [-0.15, -0.1) is 0 Å². The minimum absolute atomic E-state index is 0.000593. The zero-order chi connectivity index (χ0) is 19.2. The Balaban J connectivity index is 2.93. The van der Waals surface area contributed by atoms with Gasteiger partial charge in [-0.25, -0.2) is 0 Å². The highest BCUT2D eigenvalue weighted by atomic mass is 16.5. The summed E-state index contributed by atoms with van der Waals surface area (Å²) in [4.78, 5) is 26.2. The third-order valence-electron chi connectivity index (χ3n) is 5.15. The maximum Gasteiger partial charge on any atom is 0.309 e. The van der Waals surface area contributed by atoms with Crippen molar-refractivity contribution >= 4 is 11.9 Å². The highest BCUT2D eigenvalue weighted by Gasteiger charge is 2.30. The number of amides is 1. The molecule has 1 rings (SSSR count). The molecule has 0 spiro atoms. The Bertz CT molecular complexity index is 478. The average molecular weight is 352 g/mol. The van der Waals surface area contributed by atoms with Gasteiger partial charge in [-0.2, -0.15) is 0 Å². The Morgan fingerprint density at radius 3 is 2.16 bits per heavy atom. The highest BCUT2D eigenvalue weighted by Crippen LogP contribution is 2.31. The average Bonchev–Trinajstić information content (AvgIpc) is 2.49. The van der Waals surface area contributed by atoms with Crippen LogP contribution in [0.2, 0.25) is 0 Å². The van der Waals surface area contributed by atoms with Crippen molar-refractivity contribution < 1.29 is 14.3 Å². The molecule has 0 aliphatic carbocycles. The molecule has 1 aliphatic rings. The van der Waals surface area contributed by atoms with Crippen molar-refractivity contribution in [1.29, 1.82) is 0 Å². The fraction of sp³-hybridized carbons (Fsp3) is 0.810. The smallest absolute Gasteiger partial charge is 0.309 e. The second kappa shape index (κ2) is 9.40. The summed E-state index contributed by atoms with van der Waals surface area (Å²) in [6, 6.07) is 0. The van der Waals surface area contributed by atoms with Crippen LogP contribution in [0.5, 0.6) is 0 Å². The lowest BCUT2D eigenvalue weighted by Crippen LogP contribution is -2.33. The van der Waals surface area contributed by atoms with Crippen molar-refractivity contribution in [3.05, 3.63) is 12.3 Å². The second-order valence-electron chi connectivity index (χ2n) is 9.04. The van der Waals surface area contributed by atoms with Gasteiger partial charge in [0.15, 0.2) is 0 Å². The lowest BCUT2D eigenvalue weighted by atomic mass is 9.81. The van der Waals surface area contributed by atoms with Crippen LogP contribution in [-0.2, 0) is 14.3 Å². The zero-order valence-electron chi connectivity index (χ0n) is 17.2. The van der Waals surface area contributed by atoms with E-state index in [1.165, 1.54) is 0 Å². The molecular weight excluding hydrogens is 314 g/mol. The van der Waals surface area contributed by atoms with Gasteiger partial charge in [-0.05, 0) is 30.1 Å². The monoisotopic (exact) mass is 351 g/mol. The van der Waals surface area contributed by atoms with E-state index in [1.807, 2.05) is 6.92 Å². The second-order valence-corrected chi connectivity index (χ2v) is 9.04. The molecule has 0 saturated carbocycles. The minimum atomic E-state index is -0.222. The van der Waals surface area contributed by atoms with Crippen molar-refractivity contribution in [3.63, 3.8) is 0 Å². The topological polar surface area (TPSA) is 46.6 Å². The first-order chi connectivity index (χ1) is 11.5. The molecule has 1 heterocycles. The van der Waals surface area contributed by atoms with Gasteiger partial charge >= 0.3 is 5.97 Å². The van der Waals surface area contributed by atoms with Gasteiger partial charge in [-0.1, -0.05) is 60.5 Å². The van der Waals surface area contributed by atoms with Crippen LogP contribution in [0, 0.1) is 23.2 Å². The third-order valence-corrected chi connectivity index (χ3v) is 5.15. The van der Waals surface area contributed by atoms with Crippen molar-refractivity contribution in [1.82, 2.24) is 4.90 Å². The van der Waals surface area contributed by atoms with Crippen LogP contribution in [0.4, 0.5) is 0 Å². The molecule has 0 radical (unpaired) electrons. The summed E-state index contributed by atoms with van der Waals surface area (Å²) in [6.07, 6.45) is 7.52. The fourth-order valence-corrected chi connectivity index (χ4v) is 3.39. The Hall–Kier alpha value is -1.32. The van der Waals surface area contributed by atoms with E-state index in [-0.39, 0.29) is 35.7 Å². The van der Waals surface area contributed by atoms with Crippen LogP contribution in [0.25, 0.3) is 0 Å². The molecule has 4 nitrogen and oxygen atoms in total. The maximum absolute atomic E-state index is 12.4. The molecule has 0 N–H and O–H groups in total. The molecule has 0 fully saturated rings. The maximum atomic E-state index is 12.4. The van der Waals surface area contributed by atoms with E-state index in [9.17, 15) is 9.59 Å². The van der Waals surface area contributed by atoms with Gasteiger partial charge in [0.05, 0.1) is 6.42 Å². The van der Waals surface area contributed by atoms with Gasteiger partial charge in [0.25, 0.3) is 0 Å². The summed E-state index contributed by atoms with van der Waals surface area (Å²) in [6.45, 7) is 12.8. The van der Waals surface area contributed by atoms with Crippen molar-refractivity contribution in [3.8, 4) is 0 Å². The molecule has 25 heavy (non-hydrogen) atoms. The van der Waals surface area contributed by atoms with Gasteiger partial charge in [0.2, 0.25) is 5.91 Å². The van der Waals surface area contributed by atoms with Gasteiger partial charge in [-0.3, -0.25) is 9.59 Å². The van der Waals surface area contributed by atoms with E-state index < -0.39 is 0 Å². The van der Waals surface area contributed by atoms with E-state index in [0.29, 0.717) is 11.8 Å². The Kier molecular flexibility index (Phi) is 8.17. The van der Waals surface area contributed by atoms with Crippen LogP contribution >= 0.6 is 0 Å². The normalized spacial score (nSPS) is 32.5. The summed E-state index contributed by atoms with van der Waals surface area (Å²) in [5.41, 5.74) is -0.0749. The summed E-state index contributed by atoms with van der Waals surface area (Å²) in [5, 5.41) is 0. The number of hydrogen-bond acceptors (Lipinski definition) is 3. The molecule has 1 amide bonds. The predicted octanol–water partition coefficient (Wildman–Crippen LogP) is 4.79. The molecule has 0 saturated heterocycles. The number of esters is 1. The lowest BCUT2D eigenvalue weighted by molar-refractivity contribution is -0.155. The number of nitrogens with zero attached hydrogens (tertiary/aromatic N) is 1. The molecule has 0 aromatic rings. The first-order valence-corrected chi connectivity index (χ1v) is 9.63. The molecule has 4 atom stereocenters. The number of carbonyl (C=O) groups excluding carboxylic acids is 2.